The molecule has 0 fully saturated rings. The highest BCUT2D eigenvalue weighted by Gasteiger charge is 2.48. The van der Waals surface area contributed by atoms with Crippen LogP contribution in [0.25, 0.3) is 0 Å². The molecule has 0 bridgehead atoms. The summed E-state index contributed by atoms with van der Waals surface area (Å²) in [6.45, 7) is 9.38. The van der Waals surface area contributed by atoms with E-state index in [1.807, 2.05) is 6.08 Å². The third-order valence-corrected chi connectivity index (χ3v) is 6.00. The molecule has 0 N–H and O–H groups in total. The van der Waals surface area contributed by atoms with Gasteiger partial charge in [-0.15, -0.1) is 0 Å². The Balaban J connectivity index is 2.08. The van der Waals surface area contributed by atoms with E-state index in [1.165, 1.54) is 5.57 Å². The predicted molar refractivity (Wildman–Crippen MR) is 78.6 cm³/mol. The summed E-state index contributed by atoms with van der Waals surface area (Å²) in [7, 11) is 0. The number of hydrogen-bond acceptors (Lipinski definition) is 1. The van der Waals surface area contributed by atoms with Gasteiger partial charge in [-0.25, -0.2) is 0 Å². The molecule has 0 aromatic carbocycles. The second-order valence-corrected chi connectivity index (χ2v) is 7.41. The quantitative estimate of drug-likeness (QED) is 0.590. The molecule has 0 spiro atoms. The van der Waals surface area contributed by atoms with Gasteiger partial charge < -0.3 is 0 Å². The lowest BCUT2D eigenvalue weighted by atomic mass is 9.52. The molecule has 19 heavy (non-hydrogen) atoms. The van der Waals surface area contributed by atoms with Crippen molar-refractivity contribution in [2.75, 3.05) is 0 Å². The second kappa shape index (κ2) is 3.94. The van der Waals surface area contributed by atoms with Crippen molar-refractivity contribution >= 4 is 5.78 Å². The van der Waals surface area contributed by atoms with Crippen LogP contribution in [0.15, 0.2) is 36.0 Å². The van der Waals surface area contributed by atoms with Crippen LogP contribution >= 0.6 is 0 Å². The van der Waals surface area contributed by atoms with Crippen LogP contribution in [0.2, 0.25) is 0 Å². The van der Waals surface area contributed by atoms with Crippen LogP contribution in [-0.4, -0.2) is 5.78 Å². The smallest absolute Gasteiger partial charge is 0.156 e. The summed E-state index contributed by atoms with van der Waals surface area (Å²) >= 11 is 0. The monoisotopic (exact) mass is 256 g/mol. The normalized spacial score (nSPS) is 43.5. The van der Waals surface area contributed by atoms with Crippen molar-refractivity contribution in [3.8, 4) is 0 Å². The van der Waals surface area contributed by atoms with E-state index in [9.17, 15) is 4.79 Å². The van der Waals surface area contributed by atoms with Gasteiger partial charge in [-0.3, -0.25) is 4.79 Å². The van der Waals surface area contributed by atoms with Crippen molar-refractivity contribution in [1.29, 1.82) is 0 Å². The number of carbonyl (C=O) groups is 1. The van der Waals surface area contributed by atoms with Crippen LogP contribution in [0, 0.1) is 28.6 Å². The Morgan fingerprint density at radius 1 is 1.21 bits per heavy atom. The maximum Gasteiger partial charge on any atom is 0.156 e. The molecular formula is C18H24O. The van der Waals surface area contributed by atoms with E-state index in [-0.39, 0.29) is 10.8 Å². The second-order valence-electron chi connectivity index (χ2n) is 7.41. The fourth-order valence-corrected chi connectivity index (χ4v) is 4.11. The van der Waals surface area contributed by atoms with Gasteiger partial charge in [0.15, 0.2) is 5.78 Å². The minimum Gasteiger partial charge on any atom is -0.295 e. The molecule has 1 nitrogen and oxygen atoms in total. The molecule has 102 valence electrons. The molecule has 0 aliphatic heterocycles. The van der Waals surface area contributed by atoms with E-state index in [1.54, 1.807) is 0 Å². The molecule has 4 unspecified atom stereocenters. The Morgan fingerprint density at radius 2 is 1.95 bits per heavy atom. The van der Waals surface area contributed by atoms with Crippen molar-refractivity contribution in [3.05, 3.63) is 36.0 Å². The van der Waals surface area contributed by atoms with Gasteiger partial charge in [0.1, 0.15) is 0 Å². The average molecular weight is 256 g/mol. The maximum atomic E-state index is 11.7. The number of allylic oxidation sites excluding steroid dienone is 6. The molecule has 3 aliphatic rings. The van der Waals surface area contributed by atoms with Crippen molar-refractivity contribution < 1.29 is 4.79 Å². The fraction of sp³-hybridized carbons (Fsp3) is 0.611. The molecule has 0 heterocycles. The topological polar surface area (TPSA) is 17.1 Å². The summed E-state index contributed by atoms with van der Waals surface area (Å²) in [5.41, 5.74) is 1.68. The number of ketones is 1. The van der Waals surface area contributed by atoms with Gasteiger partial charge in [0.25, 0.3) is 0 Å². The average Bonchev–Trinajstić information content (AvgIpc) is 2.35. The van der Waals surface area contributed by atoms with Gasteiger partial charge in [0.2, 0.25) is 0 Å². The largest absolute Gasteiger partial charge is 0.295 e. The highest BCUT2D eigenvalue weighted by Crippen LogP contribution is 2.56. The van der Waals surface area contributed by atoms with Crippen LogP contribution in [0.1, 0.15) is 40.5 Å². The van der Waals surface area contributed by atoms with E-state index in [2.05, 4.69) is 52.0 Å². The van der Waals surface area contributed by atoms with Crippen LogP contribution in [-0.2, 0) is 4.79 Å². The lowest BCUT2D eigenvalue weighted by Gasteiger charge is -2.52. The summed E-state index contributed by atoms with van der Waals surface area (Å²) in [6, 6.07) is 0. The molecule has 0 aromatic heterocycles. The van der Waals surface area contributed by atoms with Crippen molar-refractivity contribution in [2.24, 2.45) is 28.6 Å². The predicted octanol–water partition coefficient (Wildman–Crippen LogP) is 4.32. The third kappa shape index (κ3) is 1.78. The van der Waals surface area contributed by atoms with Crippen LogP contribution < -0.4 is 0 Å². The zero-order chi connectivity index (χ0) is 13.8. The summed E-state index contributed by atoms with van der Waals surface area (Å²) < 4.78 is 0. The molecule has 0 aromatic rings. The minimum atomic E-state index is 0.161. The summed E-state index contributed by atoms with van der Waals surface area (Å²) in [5, 5.41) is 0. The van der Waals surface area contributed by atoms with E-state index < -0.39 is 0 Å². The molecule has 0 saturated heterocycles. The van der Waals surface area contributed by atoms with Gasteiger partial charge >= 0.3 is 0 Å². The Kier molecular flexibility index (Phi) is 2.68. The summed E-state index contributed by atoms with van der Waals surface area (Å²) in [4.78, 5) is 11.7. The van der Waals surface area contributed by atoms with Gasteiger partial charge in [-0.05, 0) is 46.7 Å². The van der Waals surface area contributed by atoms with E-state index >= 15 is 0 Å². The number of carbonyl (C=O) groups excluding carboxylic acids is 1. The standard InChI is InChI=1S/C18H24O/c1-12-15-6-5-13-11-14(19)7-10-18(13,4)16(15)8-9-17(12,2)3/h5-6,8-9,11-12,15-16H,7,10H2,1-4H3. The number of rotatable bonds is 0. The summed E-state index contributed by atoms with van der Waals surface area (Å²) in [6.07, 6.45) is 13.0. The Labute approximate surface area is 116 Å². The Hall–Kier alpha value is -1.11. The first-order valence-corrected chi connectivity index (χ1v) is 7.47. The molecule has 3 aliphatic carbocycles. The zero-order valence-electron chi connectivity index (χ0n) is 12.4. The number of fused-ring (bicyclic) bond motifs is 3. The van der Waals surface area contributed by atoms with E-state index in [0.717, 1.165) is 6.42 Å². The lowest BCUT2D eigenvalue weighted by Crippen LogP contribution is -2.45. The van der Waals surface area contributed by atoms with E-state index in [0.29, 0.717) is 30.0 Å². The molecule has 0 amide bonds. The molecule has 4 atom stereocenters. The molecule has 0 radical (unpaired) electrons. The molecular weight excluding hydrogens is 232 g/mol. The van der Waals surface area contributed by atoms with E-state index in [4.69, 9.17) is 0 Å². The third-order valence-electron chi connectivity index (χ3n) is 6.00. The van der Waals surface area contributed by atoms with Gasteiger partial charge in [-0.1, -0.05) is 52.0 Å². The molecule has 1 heteroatoms. The van der Waals surface area contributed by atoms with Crippen molar-refractivity contribution in [1.82, 2.24) is 0 Å². The van der Waals surface area contributed by atoms with Crippen LogP contribution in [0.4, 0.5) is 0 Å². The van der Waals surface area contributed by atoms with Crippen LogP contribution in [0.5, 0.6) is 0 Å². The molecule has 0 saturated carbocycles. The van der Waals surface area contributed by atoms with Gasteiger partial charge in [0, 0.05) is 6.42 Å². The fourth-order valence-electron chi connectivity index (χ4n) is 4.11. The SMILES string of the molecule is CC1C2C=CC3=CC(=O)CCC3(C)C2C=CC1(C)C. The maximum absolute atomic E-state index is 11.7. The first-order valence-electron chi connectivity index (χ1n) is 7.47. The highest BCUT2D eigenvalue weighted by molar-refractivity contribution is 5.92. The minimum absolute atomic E-state index is 0.161. The van der Waals surface area contributed by atoms with Crippen molar-refractivity contribution in [3.63, 3.8) is 0 Å². The van der Waals surface area contributed by atoms with Gasteiger partial charge in [-0.2, -0.15) is 0 Å². The van der Waals surface area contributed by atoms with Gasteiger partial charge in [0.05, 0.1) is 0 Å². The zero-order valence-corrected chi connectivity index (χ0v) is 12.4. The summed E-state index contributed by atoms with van der Waals surface area (Å²) in [5.74, 6) is 2.11. The Morgan fingerprint density at radius 3 is 2.68 bits per heavy atom. The number of hydrogen-bond donors (Lipinski definition) is 0. The Bertz CT molecular complexity index is 506. The van der Waals surface area contributed by atoms with Crippen LogP contribution in [0.3, 0.4) is 0 Å². The first-order chi connectivity index (χ1) is 8.84. The first kappa shape index (κ1) is 12.9. The van der Waals surface area contributed by atoms with Crippen molar-refractivity contribution in [2.45, 2.75) is 40.5 Å². The lowest BCUT2D eigenvalue weighted by molar-refractivity contribution is -0.116. The highest BCUT2D eigenvalue weighted by atomic mass is 16.1. The molecule has 3 rings (SSSR count).